The third kappa shape index (κ3) is 5.85. The Morgan fingerprint density at radius 1 is 1.12 bits per heavy atom. The number of hydrogen-bond donors (Lipinski definition) is 4. The molecule has 172 valence electrons. The molecule has 1 aromatic heterocycles. The van der Waals surface area contributed by atoms with Crippen molar-refractivity contribution in [3.63, 3.8) is 0 Å². The number of rotatable bonds is 8. The van der Waals surface area contributed by atoms with E-state index in [1.165, 1.54) is 5.56 Å². The second-order valence-corrected chi connectivity index (χ2v) is 8.31. The van der Waals surface area contributed by atoms with E-state index in [9.17, 15) is 9.59 Å². The number of ether oxygens (including phenoxy) is 1. The molecule has 8 nitrogen and oxygen atoms in total. The normalized spacial score (nSPS) is 15.2. The van der Waals surface area contributed by atoms with E-state index < -0.39 is 11.9 Å². The first-order valence-corrected chi connectivity index (χ1v) is 11.2. The number of H-pyrrole nitrogens is 1. The summed E-state index contributed by atoms with van der Waals surface area (Å²) in [6.07, 6.45) is 2.12. The van der Waals surface area contributed by atoms with Crippen molar-refractivity contribution in [3.05, 3.63) is 65.7 Å². The van der Waals surface area contributed by atoms with Crippen LogP contribution in [0, 0.1) is 0 Å². The van der Waals surface area contributed by atoms with Crippen LogP contribution in [0.25, 0.3) is 22.5 Å². The van der Waals surface area contributed by atoms with Crippen molar-refractivity contribution in [1.82, 2.24) is 20.8 Å². The minimum Gasteiger partial charge on any atom is -0.381 e. The number of aromatic nitrogens is 2. The average Bonchev–Trinajstić information content (AvgIpc) is 3.34. The van der Waals surface area contributed by atoms with Gasteiger partial charge in [0.2, 0.25) is 5.91 Å². The first kappa shape index (κ1) is 22.7. The van der Waals surface area contributed by atoms with Crippen LogP contribution in [0.1, 0.15) is 35.7 Å². The Morgan fingerprint density at radius 2 is 1.88 bits per heavy atom. The molecule has 1 unspecified atom stereocenters. The second kappa shape index (κ2) is 10.4. The van der Waals surface area contributed by atoms with Gasteiger partial charge in [-0.05, 0) is 49.1 Å². The first-order chi connectivity index (χ1) is 16.0. The Kier molecular flexibility index (Phi) is 7.16. The lowest BCUT2D eigenvalue weighted by Crippen LogP contribution is -2.42. The summed E-state index contributed by atoms with van der Waals surface area (Å²) in [5.74, 6) is -0.939. The highest BCUT2D eigenvalue weighted by Crippen LogP contribution is 2.25. The summed E-state index contributed by atoms with van der Waals surface area (Å²) in [5, 5.41) is 13.7. The smallest absolute Gasteiger partial charge is 0.251 e. The van der Waals surface area contributed by atoms with Crippen molar-refractivity contribution in [2.75, 3.05) is 13.2 Å². The number of aromatic amines is 1. The Bertz CT molecular complexity index is 1100. The van der Waals surface area contributed by atoms with Crippen LogP contribution in [0.4, 0.5) is 0 Å². The van der Waals surface area contributed by atoms with Crippen molar-refractivity contribution < 1.29 is 14.3 Å². The van der Waals surface area contributed by atoms with Gasteiger partial charge in [-0.15, -0.1) is 0 Å². The number of nitrogens with zero attached hydrogens (tertiary/aromatic N) is 1. The minimum atomic E-state index is -0.743. The van der Waals surface area contributed by atoms with Crippen molar-refractivity contribution in [2.24, 2.45) is 5.73 Å². The second-order valence-electron chi connectivity index (χ2n) is 8.31. The quantitative estimate of drug-likeness (QED) is 0.423. The van der Waals surface area contributed by atoms with E-state index in [2.05, 4.69) is 45.1 Å². The summed E-state index contributed by atoms with van der Waals surface area (Å²) in [6, 6.07) is 17.2. The number of primary amides is 1. The molecule has 1 saturated heterocycles. The molecule has 0 saturated carbocycles. The molecule has 1 atom stereocenters. The number of carbonyl (C=O) groups is 2. The summed E-state index contributed by atoms with van der Waals surface area (Å²) in [6.45, 7) is 4.05. The van der Waals surface area contributed by atoms with Gasteiger partial charge in [-0.25, -0.2) is 0 Å². The molecule has 2 aromatic carbocycles. The minimum absolute atomic E-state index is 0.358. The number of benzene rings is 2. The zero-order chi connectivity index (χ0) is 23.2. The van der Waals surface area contributed by atoms with E-state index in [1.807, 2.05) is 12.1 Å². The number of nitrogens with two attached hydrogens (primary N) is 1. The van der Waals surface area contributed by atoms with E-state index in [1.54, 1.807) is 25.1 Å². The highest BCUT2D eigenvalue weighted by molar-refractivity contribution is 5.98. The summed E-state index contributed by atoms with van der Waals surface area (Å²) < 4.78 is 5.41. The van der Waals surface area contributed by atoms with E-state index in [-0.39, 0.29) is 5.91 Å². The molecular weight excluding hydrogens is 418 g/mol. The maximum absolute atomic E-state index is 12.4. The van der Waals surface area contributed by atoms with Gasteiger partial charge in [-0.1, -0.05) is 36.4 Å². The molecule has 2 heterocycles. The monoisotopic (exact) mass is 447 g/mol. The summed E-state index contributed by atoms with van der Waals surface area (Å²) in [5.41, 5.74) is 10.4. The van der Waals surface area contributed by atoms with E-state index in [0.29, 0.717) is 11.6 Å². The fraction of sp³-hybridized carbons (Fsp3) is 0.320. The molecule has 0 spiro atoms. The van der Waals surface area contributed by atoms with Gasteiger partial charge in [0.1, 0.15) is 6.04 Å². The highest BCUT2D eigenvalue weighted by Gasteiger charge is 2.15. The zero-order valence-corrected chi connectivity index (χ0v) is 18.6. The molecule has 2 amide bonds. The Labute approximate surface area is 192 Å². The SMILES string of the molecule is CC(NC(=O)c1cccc(-c2cc(-c3ccc(CNC4CCOCC4)cc3)[nH]n2)c1)C(N)=O. The molecule has 8 heteroatoms. The molecule has 0 bridgehead atoms. The maximum Gasteiger partial charge on any atom is 0.251 e. The van der Waals surface area contributed by atoms with Gasteiger partial charge in [0.15, 0.2) is 0 Å². The lowest BCUT2D eigenvalue weighted by molar-refractivity contribution is -0.119. The van der Waals surface area contributed by atoms with Gasteiger partial charge in [0.05, 0.1) is 11.4 Å². The predicted octanol–water partition coefficient (Wildman–Crippen LogP) is 2.62. The zero-order valence-electron chi connectivity index (χ0n) is 18.6. The van der Waals surface area contributed by atoms with Crippen molar-refractivity contribution in [3.8, 4) is 22.5 Å². The maximum atomic E-state index is 12.4. The van der Waals surface area contributed by atoms with Crippen LogP contribution in [-0.4, -0.2) is 47.3 Å². The van der Waals surface area contributed by atoms with Crippen LogP contribution in [0.5, 0.6) is 0 Å². The fourth-order valence-corrected chi connectivity index (χ4v) is 3.75. The van der Waals surface area contributed by atoms with E-state index in [0.717, 1.165) is 55.1 Å². The van der Waals surface area contributed by atoms with Crippen LogP contribution in [0.2, 0.25) is 0 Å². The van der Waals surface area contributed by atoms with Gasteiger partial charge in [-0.3, -0.25) is 14.7 Å². The molecular formula is C25H29N5O3. The van der Waals surface area contributed by atoms with Crippen molar-refractivity contribution in [1.29, 1.82) is 0 Å². The number of nitrogens with one attached hydrogen (secondary N) is 3. The summed E-state index contributed by atoms with van der Waals surface area (Å²) >= 11 is 0. The first-order valence-electron chi connectivity index (χ1n) is 11.2. The lowest BCUT2D eigenvalue weighted by atomic mass is 10.0. The van der Waals surface area contributed by atoms with Gasteiger partial charge in [-0.2, -0.15) is 5.10 Å². The average molecular weight is 448 g/mol. The fourth-order valence-electron chi connectivity index (χ4n) is 3.75. The lowest BCUT2D eigenvalue weighted by Gasteiger charge is -2.23. The highest BCUT2D eigenvalue weighted by atomic mass is 16.5. The molecule has 0 aliphatic carbocycles. The molecule has 0 radical (unpaired) electrons. The molecule has 1 fully saturated rings. The van der Waals surface area contributed by atoms with Gasteiger partial charge < -0.3 is 21.1 Å². The van der Waals surface area contributed by atoms with Crippen molar-refractivity contribution >= 4 is 11.8 Å². The third-order valence-corrected chi connectivity index (χ3v) is 5.85. The number of amides is 2. The molecule has 4 rings (SSSR count). The predicted molar refractivity (Wildman–Crippen MR) is 126 cm³/mol. The molecule has 33 heavy (non-hydrogen) atoms. The number of hydrogen-bond acceptors (Lipinski definition) is 5. The van der Waals surface area contributed by atoms with Crippen molar-refractivity contribution in [2.45, 2.75) is 38.4 Å². The molecule has 5 N–H and O–H groups in total. The van der Waals surface area contributed by atoms with Crippen LogP contribution in [-0.2, 0) is 16.1 Å². The molecule has 1 aliphatic heterocycles. The molecule has 1 aliphatic rings. The van der Waals surface area contributed by atoms with Crippen LogP contribution in [0.3, 0.4) is 0 Å². The third-order valence-electron chi connectivity index (χ3n) is 5.85. The Morgan fingerprint density at radius 3 is 2.61 bits per heavy atom. The number of carbonyl (C=O) groups excluding carboxylic acids is 2. The largest absolute Gasteiger partial charge is 0.381 e. The van der Waals surface area contributed by atoms with E-state index in [4.69, 9.17) is 10.5 Å². The van der Waals surface area contributed by atoms with Crippen LogP contribution in [0.15, 0.2) is 54.6 Å². The van der Waals surface area contributed by atoms with Gasteiger partial charge in [0.25, 0.3) is 5.91 Å². The summed E-state index contributed by atoms with van der Waals surface area (Å²) in [4.78, 5) is 23.6. The molecule has 3 aromatic rings. The van der Waals surface area contributed by atoms with E-state index >= 15 is 0 Å². The summed E-state index contributed by atoms with van der Waals surface area (Å²) in [7, 11) is 0. The topological polar surface area (TPSA) is 122 Å². The van der Waals surface area contributed by atoms with Crippen LogP contribution < -0.4 is 16.4 Å². The Balaban J connectivity index is 1.41. The van der Waals surface area contributed by atoms with Gasteiger partial charge >= 0.3 is 0 Å². The van der Waals surface area contributed by atoms with Crippen LogP contribution >= 0.6 is 0 Å². The Hall–Kier alpha value is -3.49. The standard InChI is InChI=1S/C25H29N5O3/c1-16(24(26)31)28-25(32)20-4-2-3-19(13-20)23-14-22(29-30-23)18-7-5-17(6-8-18)15-27-21-9-11-33-12-10-21/h2-8,13-14,16,21,27H,9-12,15H2,1H3,(H2,26,31)(H,28,32)(H,29,30). The van der Waals surface area contributed by atoms with Gasteiger partial charge in [0, 0.05) is 36.9 Å².